The zero-order valence-corrected chi connectivity index (χ0v) is 12.8. The topological polar surface area (TPSA) is 50.4 Å². The van der Waals surface area contributed by atoms with Gasteiger partial charge in [0.1, 0.15) is 0 Å². The highest BCUT2D eigenvalue weighted by Gasteiger charge is 2.20. The van der Waals surface area contributed by atoms with Crippen LogP contribution in [-0.4, -0.2) is 24.1 Å². The van der Waals surface area contributed by atoms with Crippen LogP contribution in [0, 0.1) is 5.82 Å². The van der Waals surface area contributed by atoms with Crippen molar-refractivity contribution in [2.75, 3.05) is 0 Å². The van der Waals surface area contributed by atoms with E-state index in [-0.39, 0.29) is 17.7 Å². The van der Waals surface area contributed by atoms with Gasteiger partial charge in [0.2, 0.25) is 0 Å². The van der Waals surface area contributed by atoms with Crippen molar-refractivity contribution in [3.63, 3.8) is 0 Å². The predicted molar refractivity (Wildman–Crippen MR) is 79.6 cm³/mol. The first-order valence-corrected chi connectivity index (χ1v) is 7.44. The predicted octanol–water partition coefficient (Wildman–Crippen LogP) is 2.37. The van der Waals surface area contributed by atoms with Crippen molar-refractivity contribution in [2.24, 2.45) is 0 Å². The van der Waals surface area contributed by atoms with Crippen molar-refractivity contribution in [3.8, 4) is 5.75 Å². The summed E-state index contributed by atoms with van der Waals surface area (Å²) in [5.41, 5.74) is 0.881. The Bertz CT molecular complexity index is 501. The summed E-state index contributed by atoms with van der Waals surface area (Å²) in [4.78, 5) is 11.8. The second-order valence-electron chi connectivity index (χ2n) is 5.84. The molecule has 5 heteroatoms. The molecule has 1 aromatic rings. The maximum Gasteiger partial charge on any atom is 0.260 e. The number of ether oxygens (including phenoxy) is 1. The van der Waals surface area contributed by atoms with Crippen molar-refractivity contribution in [3.05, 3.63) is 29.6 Å². The largest absolute Gasteiger partial charge is 0.478 e. The van der Waals surface area contributed by atoms with Gasteiger partial charge in [0.15, 0.2) is 17.7 Å². The monoisotopic (exact) mass is 294 g/mol. The molecule has 0 aliphatic heterocycles. The van der Waals surface area contributed by atoms with Crippen molar-refractivity contribution in [1.82, 2.24) is 10.6 Å². The van der Waals surface area contributed by atoms with Crippen LogP contribution in [0.4, 0.5) is 4.39 Å². The molecule has 1 saturated carbocycles. The summed E-state index contributed by atoms with van der Waals surface area (Å²) >= 11 is 0. The van der Waals surface area contributed by atoms with Crippen LogP contribution < -0.4 is 15.4 Å². The fourth-order valence-corrected chi connectivity index (χ4v) is 1.95. The van der Waals surface area contributed by atoms with E-state index in [9.17, 15) is 9.18 Å². The molecule has 2 rings (SSSR count). The van der Waals surface area contributed by atoms with Gasteiger partial charge in [-0.05, 0) is 51.3 Å². The lowest BCUT2D eigenvalue weighted by Crippen LogP contribution is -2.40. The number of amides is 1. The summed E-state index contributed by atoms with van der Waals surface area (Å²) in [5.74, 6) is -0.574. The van der Waals surface area contributed by atoms with E-state index in [1.165, 1.54) is 18.9 Å². The minimum Gasteiger partial charge on any atom is -0.478 e. The minimum absolute atomic E-state index is 0.0317. The Balaban J connectivity index is 1.91. The molecule has 1 unspecified atom stereocenters. The molecule has 0 heterocycles. The third kappa shape index (κ3) is 5.01. The second-order valence-corrected chi connectivity index (χ2v) is 5.84. The molecule has 1 aliphatic carbocycles. The van der Waals surface area contributed by atoms with Gasteiger partial charge in [-0.3, -0.25) is 4.79 Å². The van der Waals surface area contributed by atoms with Gasteiger partial charge in [-0.15, -0.1) is 0 Å². The van der Waals surface area contributed by atoms with Crippen molar-refractivity contribution in [1.29, 1.82) is 0 Å². The van der Waals surface area contributed by atoms with Crippen LogP contribution in [0.15, 0.2) is 18.2 Å². The Kier molecular flexibility index (Phi) is 5.17. The summed E-state index contributed by atoms with van der Waals surface area (Å²) < 4.78 is 19.4. The molecule has 0 radical (unpaired) electrons. The molecule has 1 aromatic carbocycles. The summed E-state index contributed by atoms with van der Waals surface area (Å²) in [6.45, 7) is 6.00. The van der Waals surface area contributed by atoms with Crippen LogP contribution >= 0.6 is 0 Å². The van der Waals surface area contributed by atoms with Gasteiger partial charge in [-0.25, -0.2) is 4.39 Å². The Labute approximate surface area is 125 Å². The lowest BCUT2D eigenvalue weighted by Gasteiger charge is -2.17. The maximum atomic E-state index is 14.0. The minimum atomic E-state index is -0.725. The molecule has 4 nitrogen and oxygen atoms in total. The highest BCUT2D eigenvalue weighted by Crippen LogP contribution is 2.22. The van der Waals surface area contributed by atoms with Gasteiger partial charge in [0, 0.05) is 18.6 Å². The average Bonchev–Trinajstić information content (AvgIpc) is 3.22. The van der Waals surface area contributed by atoms with E-state index in [0.717, 1.165) is 5.56 Å². The van der Waals surface area contributed by atoms with Crippen molar-refractivity contribution < 1.29 is 13.9 Å². The highest BCUT2D eigenvalue weighted by molar-refractivity contribution is 5.80. The zero-order valence-electron chi connectivity index (χ0n) is 12.8. The zero-order chi connectivity index (χ0) is 15.4. The van der Waals surface area contributed by atoms with E-state index in [2.05, 4.69) is 10.6 Å². The highest BCUT2D eigenvalue weighted by atomic mass is 19.1. The average molecular weight is 294 g/mol. The fourth-order valence-electron chi connectivity index (χ4n) is 1.95. The summed E-state index contributed by atoms with van der Waals surface area (Å²) in [7, 11) is 0. The van der Waals surface area contributed by atoms with Crippen molar-refractivity contribution >= 4 is 5.91 Å². The number of hydrogen-bond acceptors (Lipinski definition) is 3. The van der Waals surface area contributed by atoms with E-state index >= 15 is 0 Å². The van der Waals surface area contributed by atoms with Crippen LogP contribution in [-0.2, 0) is 11.3 Å². The molecule has 0 aromatic heterocycles. The molecule has 1 atom stereocenters. The SMILES string of the molecule is CC(C)NC(=O)C(C)Oc1ccc(CNC2CC2)cc1F. The number of hydrogen-bond donors (Lipinski definition) is 2. The van der Waals surface area contributed by atoms with Gasteiger partial charge in [-0.2, -0.15) is 0 Å². The Morgan fingerprint density at radius 3 is 2.67 bits per heavy atom. The van der Waals surface area contributed by atoms with Gasteiger partial charge in [0.05, 0.1) is 0 Å². The van der Waals surface area contributed by atoms with Crippen LogP contribution in [0.5, 0.6) is 5.75 Å². The number of nitrogens with one attached hydrogen (secondary N) is 2. The Hall–Kier alpha value is -1.62. The molecule has 0 spiro atoms. The Morgan fingerprint density at radius 2 is 2.10 bits per heavy atom. The van der Waals surface area contributed by atoms with Gasteiger partial charge in [-0.1, -0.05) is 6.07 Å². The molecule has 1 fully saturated rings. The molecule has 116 valence electrons. The standard InChI is InChI=1S/C16H23FN2O2/c1-10(2)19-16(20)11(3)21-15-7-4-12(8-14(15)17)9-18-13-5-6-13/h4,7-8,10-11,13,18H,5-6,9H2,1-3H3,(H,19,20). The van der Waals surface area contributed by atoms with E-state index in [1.54, 1.807) is 13.0 Å². The molecule has 1 amide bonds. The van der Waals surface area contributed by atoms with E-state index in [1.807, 2.05) is 19.9 Å². The first-order valence-electron chi connectivity index (χ1n) is 7.44. The van der Waals surface area contributed by atoms with Crippen LogP contribution in [0.3, 0.4) is 0 Å². The molecule has 2 N–H and O–H groups in total. The van der Waals surface area contributed by atoms with Crippen LogP contribution in [0.25, 0.3) is 0 Å². The molecule has 0 bridgehead atoms. The van der Waals surface area contributed by atoms with Crippen LogP contribution in [0.1, 0.15) is 39.2 Å². The molecular formula is C16H23FN2O2. The number of carbonyl (C=O) groups is 1. The summed E-state index contributed by atoms with van der Waals surface area (Å²) in [5, 5.41) is 6.07. The Morgan fingerprint density at radius 1 is 1.38 bits per heavy atom. The molecule has 0 saturated heterocycles. The second kappa shape index (κ2) is 6.89. The molecule has 1 aliphatic rings. The van der Waals surface area contributed by atoms with E-state index in [0.29, 0.717) is 12.6 Å². The van der Waals surface area contributed by atoms with Gasteiger partial charge < -0.3 is 15.4 Å². The smallest absolute Gasteiger partial charge is 0.260 e. The first kappa shape index (κ1) is 15.8. The molecular weight excluding hydrogens is 271 g/mol. The fraction of sp³-hybridized carbons (Fsp3) is 0.562. The number of halogens is 1. The number of benzene rings is 1. The normalized spacial score (nSPS) is 15.9. The maximum absolute atomic E-state index is 14.0. The molecule has 21 heavy (non-hydrogen) atoms. The third-order valence-corrected chi connectivity index (χ3v) is 3.27. The van der Waals surface area contributed by atoms with E-state index < -0.39 is 11.9 Å². The van der Waals surface area contributed by atoms with Crippen molar-refractivity contribution in [2.45, 2.75) is 58.3 Å². The van der Waals surface area contributed by atoms with Gasteiger partial charge >= 0.3 is 0 Å². The summed E-state index contributed by atoms with van der Waals surface area (Å²) in [6.07, 6.45) is 1.68. The summed E-state index contributed by atoms with van der Waals surface area (Å²) in [6, 6.07) is 5.48. The lowest BCUT2D eigenvalue weighted by molar-refractivity contribution is -0.127. The quantitative estimate of drug-likeness (QED) is 0.812. The first-order chi connectivity index (χ1) is 9.95. The number of carbonyl (C=O) groups excluding carboxylic acids is 1. The van der Waals surface area contributed by atoms with Crippen LogP contribution in [0.2, 0.25) is 0 Å². The van der Waals surface area contributed by atoms with Gasteiger partial charge in [0.25, 0.3) is 5.91 Å². The third-order valence-electron chi connectivity index (χ3n) is 3.27. The number of rotatable bonds is 7. The lowest BCUT2D eigenvalue weighted by atomic mass is 10.2. The van der Waals surface area contributed by atoms with E-state index in [4.69, 9.17) is 4.74 Å².